The van der Waals surface area contributed by atoms with Gasteiger partial charge in [0.25, 0.3) is 0 Å². The minimum absolute atomic E-state index is 0.0192. The third-order valence-electron chi connectivity index (χ3n) is 6.33. The van der Waals surface area contributed by atoms with E-state index in [1.165, 1.54) is 17.8 Å². The van der Waals surface area contributed by atoms with E-state index in [4.69, 9.17) is 42.9 Å². The van der Waals surface area contributed by atoms with Crippen LogP contribution in [-0.2, 0) is 30.2 Å². The van der Waals surface area contributed by atoms with Crippen molar-refractivity contribution in [1.82, 2.24) is 19.5 Å². The lowest BCUT2D eigenvalue weighted by Crippen LogP contribution is -2.52. The minimum Gasteiger partial charge on any atom is -0.463 e. The molecule has 1 saturated heterocycles. The lowest BCUT2D eigenvalue weighted by molar-refractivity contribution is -0.183. The van der Waals surface area contributed by atoms with Crippen LogP contribution in [0.5, 0.6) is 5.75 Å². The maximum atomic E-state index is 15.3. The topological polar surface area (TPSA) is 165 Å². The Morgan fingerprint density at radius 2 is 2.05 bits per heavy atom. The molecular weight excluding hydrogens is 551 g/mol. The van der Waals surface area contributed by atoms with Crippen molar-refractivity contribution in [2.75, 3.05) is 25.7 Å². The summed E-state index contributed by atoms with van der Waals surface area (Å²) in [5.41, 5.74) is 4.48. The Bertz CT molecular complexity index is 1430. The van der Waals surface area contributed by atoms with Crippen molar-refractivity contribution < 1.29 is 38.0 Å². The lowest BCUT2D eigenvalue weighted by Gasteiger charge is -2.30. The Hall–Kier alpha value is -3.90. The number of hydrogen-bond acceptors (Lipinski definition) is 11. The summed E-state index contributed by atoms with van der Waals surface area (Å²) in [6.07, 6.45) is -5.33. The van der Waals surface area contributed by atoms with Gasteiger partial charge in [0.15, 0.2) is 29.6 Å². The molecule has 3 heterocycles. The molecule has 1 aliphatic heterocycles. The van der Waals surface area contributed by atoms with Gasteiger partial charge >= 0.3 is 12.7 Å². The third-order valence-corrected chi connectivity index (χ3v) is 6.50. The fourth-order valence-corrected chi connectivity index (χ4v) is 4.46. The van der Waals surface area contributed by atoms with E-state index in [0.717, 1.165) is 0 Å². The van der Waals surface area contributed by atoms with Crippen molar-refractivity contribution >= 4 is 40.3 Å². The highest BCUT2D eigenvalue weighted by atomic mass is 35.5. The zero-order valence-electron chi connectivity index (χ0n) is 21.5. The number of carbonyl (C=O) groups excluding carboxylic acids is 2. The van der Waals surface area contributed by atoms with Crippen molar-refractivity contribution in [3.8, 4) is 5.75 Å². The van der Waals surface area contributed by atoms with Gasteiger partial charge in [0.1, 0.15) is 23.5 Å². The number of ether oxygens (including phenoxy) is 4. The average Bonchev–Trinajstić information content (AvgIpc) is 3.46. The van der Waals surface area contributed by atoms with Gasteiger partial charge in [-0.2, -0.15) is 9.97 Å². The largest absolute Gasteiger partial charge is 0.463 e. The van der Waals surface area contributed by atoms with Gasteiger partial charge in [0.05, 0.1) is 19.5 Å². The molecule has 1 fully saturated rings. The van der Waals surface area contributed by atoms with Crippen LogP contribution in [0.15, 0.2) is 30.6 Å². The number of rotatable bonds is 11. The van der Waals surface area contributed by atoms with Gasteiger partial charge in [-0.25, -0.2) is 20.7 Å². The van der Waals surface area contributed by atoms with Gasteiger partial charge in [-0.15, -0.1) is 0 Å². The molecule has 1 aliphatic rings. The number of nitrogens with two attached hydrogens (primary N) is 1. The second kappa shape index (κ2) is 12.1. The van der Waals surface area contributed by atoms with Crippen molar-refractivity contribution in [3.63, 3.8) is 0 Å². The summed E-state index contributed by atoms with van der Waals surface area (Å²) in [7, 11) is 0. The molecule has 0 aliphatic carbocycles. The number of ketones is 1. The van der Waals surface area contributed by atoms with Crippen LogP contribution in [0, 0.1) is 6.57 Å². The highest BCUT2D eigenvalue weighted by Gasteiger charge is 2.50. The number of halogens is 2. The van der Waals surface area contributed by atoms with Gasteiger partial charge in [-0.1, -0.05) is 12.1 Å². The SMILES string of the molecule is [C-]#[N+]COc1ccc(CC(OC[C@H]2O[C@@H](n3cnc4c(N)nc(Cl)nc43)[C@@H](F)[C@@H]2O)(C(C)=O)C(=O)OCC)cc1. The molecule has 212 valence electrons. The first-order valence-electron chi connectivity index (χ1n) is 12.1. The van der Waals surface area contributed by atoms with E-state index in [1.54, 1.807) is 31.2 Å². The second-order valence-electron chi connectivity index (χ2n) is 8.87. The molecule has 1 aromatic carbocycles. The van der Waals surface area contributed by atoms with Crippen molar-refractivity contribution in [2.45, 2.75) is 50.5 Å². The highest BCUT2D eigenvalue weighted by molar-refractivity contribution is 6.28. The van der Waals surface area contributed by atoms with E-state index in [-0.39, 0.29) is 42.0 Å². The fraction of sp³-hybridized carbons (Fsp3) is 0.440. The maximum Gasteiger partial charge on any atom is 0.357 e. The summed E-state index contributed by atoms with van der Waals surface area (Å²) in [4.78, 5) is 41.0. The lowest BCUT2D eigenvalue weighted by atomic mass is 9.90. The van der Waals surface area contributed by atoms with E-state index < -0.39 is 48.6 Å². The maximum absolute atomic E-state index is 15.3. The molecule has 0 amide bonds. The van der Waals surface area contributed by atoms with Crippen LogP contribution in [-0.4, -0.2) is 80.3 Å². The molecule has 3 aromatic rings. The van der Waals surface area contributed by atoms with E-state index in [0.29, 0.717) is 11.3 Å². The number of benzene rings is 1. The van der Waals surface area contributed by atoms with Crippen LogP contribution in [0.3, 0.4) is 0 Å². The Labute approximate surface area is 232 Å². The van der Waals surface area contributed by atoms with Crippen LogP contribution in [0.4, 0.5) is 10.2 Å². The van der Waals surface area contributed by atoms with Crippen molar-refractivity contribution in [2.24, 2.45) is 0 Å². The first-order valence-corrected chi connectivity index (χ1v) is 12.5. The molecule has 0 saturated carbocycles. The summed E-state index contributed by atoms with van der Waals surface area (Å²) < 4.78 is 38.5. The number of aliphatic hydroxyl groups excluding tert-OH is 1. The Balaban J connectivity index is 1.57. The first-order chi connectivity index (χ1) is 19.1. The van der Waals surface area contributed by atoms with Crippen LogP contribution < -0.4 is 10.5 Å². The number of Topliss-reactive ketones (excluding diaryl/α,β-unsaturated/α-hetero) is 1. The monoisotopic (exact) mass is 576 g/mol. The third kappa shape index (κ3) is 5.68. The number of carbonyl (C=O) groups is 2. The number of fused-ring (bicyclic) bond motifs is 1. The van der Waals surface area contributed by atoms with Crippen LogP contribution >= 0.6 is 11.6 Å². The number of imidazole rings is 1. The molecule has 1 unspecified atom stereocenters. The first kappa shape index (κ1) is 29.1. The quantitative estimate of drug-likeness (QED) is 0.148. The molecule has 0 bridgehead atoms. The molecule has 40 heavy (non-hydrogen) atoms. The Morgan fingerprint density at radius 1 is 1.32 bits per heavy atom. The smallest absolute Gasteiger partial charge is 0.357 e. The number of anilines is 1. The normalized spacial score (nSPS) is 22.0. The summed E-state index contributed by atoms with van der Waals surface area (Å²) in [6.45, 7) is 8.84. The summed E-state index contributed by atoms with van der Waals surface area (Å²) in [6, 6.07) is 6.38. The van der Waals surface area contributed by atoms with E-state index in [9.17, 15) is 14.7 Å². The molecule has 15 heteroatoms. The molecule has 2 aromatic heterocycles. The predicted octanol–water partition coefficient (Wildman–Crippen LogP) is 2.06. The molecule has 5 atom stereocenters. The van der Waals surface area contributed by atoms with Crippen molar-refractivity contribution in [1.29, 1.82) is 0 Å². The van der Waals surface area contributed by atoms with E-state index in [1.807, 2.05) is 0 Å². The number of alkyl halides is 1. The highest BCUT2D eigenvalue weighted by Crippen LogP contribution is 2.35. The van der Waals surface area contributed by atoms with Gasteiger partial charge < -0.3 is 29.8 Å². The summed E-state index contributed by atoms with van der Waals surface area (Å²) in [5, 5.41) is 10.5. The zero-order chi connectivity index (χ0) is 29.0. The van der Waals surface area contributed by atoms with Crippen LogP contribution in [0.25, 0.3) is 16.0 Å². The molecule has 3 N–H and O–H groups in total. The van der Waals surface area contributed by atoms with Gasteiger partial charge in [0.2, 0.25) is 10.9 Å². The Morgan fingerprint density at radius 3 is 2.70 bits per heavy atom. The molecular formula is C25H26ClFN6O7. The molecule has 13 nitrogen and oxygen atoms in total. The molecule has 0 spiro atoms. The van der Waals surface area contributed by atoms with Crippen molar-refractivity contribution in [3.05, 3.63) is 52.9 Å². The minimum atomic E-state index is -2.11. The number of esters is 1. The second-order valence-corrected chi connectivity index (χ2v) is 9.21. The van der Waals surface area contributed by atoms with Crippen LogP contribution in [0.1, 0.15) is 25.6 Å². The zero-order valence-corrected chi connectivity index (χ0v) is 22.2. The van der Waals surface area contributed by atoms with Gasteiger partial charge in [0, 0.05) is 6.42 Å². The van der Waals surface area contributed by atoms with E-state index >= 15 is 4.39 Å². The van der Waals surface area contributed by atoms with Gasteiger partial charge in [-0.05, 0) is 43.1 Å². The number of nitrogen functional groups attached to an aromatic ring is 1. The fourth-order valence-electron chi connectivity index (χ4n) is 4.28. The number of nitrogens with zero attached hydrogens (tertiary/aromatic N) is 5. The predicted molar refractivity (Wildman–Crippen MR) is 138 cm³/mol. The van der Waals surface area contributed by atoms with Crippen LogP contribution in [0.2, 0.25) is 5.28 Å². The van der Waals surface area contributed by atoms with Gasteiger partial charge in [-0.3, -0.25) is 14.2 Å². The standard InChI is InChI=1S/C25H26ClFN6O7/c1-4-37-23(36)25(13(2)34,9-14-5-7-15(8-6-14)38-12-29-3)39-10-16-19(35)17(27)22(40-16)33-11-30-18-20(28)31-24(26)32-21(18)33/h5-8,11,16-17,19,22,35H,4,9-10,12H2,1-2H3,(H2,28,31,32)/t16-,17+,19-,22-,25?/m1/s1. The number of aliphatic hydroxyl groups is 1. The number of aromatic nitrogens is 4. The molecule has 4 rings (SSSR count). The molecule has 0 radical (unpaired) electrons. The number of hydrogen-bond donors (Lipinski definition) is 2. The average molecular weight is 577 g/mol. The summed E-state index contributed by atoms with van der Waals surface area (Å²) >= 11 is 5.89. The van der Waals surface area contributed by atoms with E-state index in [2.05, 4.69) is 19.8 Å². The Kier molecular flexibility index (Phi) is 8.79. The summed E-state index contributed by atoms with van der Waals surface area (Å²) in [5.74, 6) is -1.20.